The van der Waals surface area contributed by atoms with Crippen LogP contribution in [0.5, 0.6) is 0 Å². The summed E-state index contributed by atoms with van der Waals surface area (Å²) in [5.41, 5.74) is 0.634. The summed E-state index contributed by atoms with van der Waals surface area (Å²) in [6, 6.07) is 4.30. The molecule has 20 heavy (non-hydrogen) atoms. The Morgan fingerprint density at radius 2 is 2.00 bits per heavy atom. The van der Waals surface area contributed by atoms with Crippen molar-refractivity contribution in [2.45, 2.75) is 39.0 Å². The molecule has 0 saturated carbocycles. The van der Waals surface area contributed by atoms with E-state index in [-0.39, 0.29) is 17.5 Å². The zero-order valence-corrected chi connectivity index (χ0v) is 12.6. The van der Waals surface area contributed by atoms with Crippen molar-refractivity contribution in [1.29, 1.82) is 0 Å². The number of rotatable bonds is 9. The van der Waals surface area contributed by atoms with E-state index in [1.165, 1.54) is 31.4 Å². The van der Waals surface area contributed by atoms with Crippen LogP contribution in [0.3, 0.4) is 0 Å². The molecule has 1 aromatic rings. The van der Waals surface area contributed by atoms with Gasteiger partial charge < -0.3 is 10.6 Å². The summed E-state index contributed by atoms with van der Waals surface area (Å²) >= 11 is 5.66. The van der Waals surface area contributed by atoms with E-state index in [1.807, 2.05) is 0 Å². The fourth-order valence-electron chi connectivity index (χ4n) is 1.81. The Labute approximate surface area is 124 Å². The maximum atomic E-state index is 13.0. The van der Waals surface area contributed by atoms with Crippen LogP contribution in [0.25, 0.3) is 0 Å². The van der Waals surface area contributed by atoms with Gasteiger partial charge in [-0.3, -0.25) is 4.79 Å². The number of carbonyl (C=O) groups excluding carboxylic acids is 1. The third kappa shape index (κ3) is 6.75. The number of hydrogen-bond donors (Lipinski definition) is 2. The Balaban J connectivity index is 2.15. The van der Waals surface area contributed by atoms with Crippen LogP contribution in [-0.2, 0) is 4.79 Å². The topological polar surface area (TPSA) is 41.1 Å². The molecule has 0 aliphatic heterocycles. The molecule has 0 atom stereocenters. The van der Waals surface area contributed by atoms with Crippen LogP contribution in [0, 0.1) is 5.82 Å². The number of anilines is 1. The van der Waals surface area contributed by atoms with Crippen LogP contribution < -0.4 is 10.6 Å². The van der Waals surface area contributed by atoms with Gasteiger partial charge in [0, 0.05) is 12.2 Å². The zero-order chi connectivity index (χ0) is 14.8. The summed E-state index contributed by atoms with van der Waals surface area (Å²) < 4.78 is 13.0. The number of unbranched alkanes of at least 4 members (excludes halogenated alkanes) is 4. The average Bonchev–Trinajstić information content (AvgIpc) is 2.44. The average molecular weight is 301 g/mol. The minimum atomic E-state index is -0.464. The zero-order valence-electron chi connectivity index (χ0n) is 11.8. The molecular formula is C15H22ClFN2O. The molecule has 0 unspecified atom stereocenters. The van der Waals surface area contributed by atoms with Gasteiger partial charge in [-0.1, -0.05) is 44.2 Å². The van der Waals surface area contributed by atoms with Gasteiger partial charge in [0.05, 0.1) is 11.6 Å². The van der Waals surface area contributed by atoms with Crippen LogP contribution >= 0.6 is 11.6 Å². The van der Waals surface area contributed by atoms with E-state index in [0.717, 1.165) is 12.8 Å². The molecule has 0 aromatic heterocycles. The largest absolute Gasteiger partial charge is 0.376 e. The Morgan fingerprint density at radius 3 is 2.70 bits per heavy atom. The molecule has 0 aliphatic rings. The first-order valence-electron chi connectivity index (χ1n) is 7.09. The Hall–Kier alpha value is -1.29. The van der Waals surface area contributed by atoms with Crippen LogP contribution in [0.15, 0.2) is 18.2 Å². The van der Waals surface area contributed by atoms with Gasteiger partial charge >= 0.3 is 0 Å². The minimum absolute atomic E-state index is 0.0475. The summed E-state index contributed by atoms with van der Waals surface area (Å²) in [7, 11) is 0. The van der Waals surface area contributed by atoms with Gasteiger partial charge in [-0.25, -0.2) is 4.39 Å². The third-order valence-electron chi connectivity index (χ3n) is 2.98. The Morgan fingerprint density at radius 1 is 1.25 bits per heavy atom. The summed E-state index contributed by atoms with van der Waals surface area (Å²) in [5.74, 6) is -0.533. The van der Waals surface area contributed by atoms with Gasteiger partial charge in [0.2, 0.25) is 5.91 Å². The molecule has 0 aliphatic carbocycles. The summed E-state index contributed by atoms with van der Waals surface area (Å²) in [4.78, 5) is 11.6. The predicted molar refractivity (Wildman–Crippen MR) is 81.7 cm³/mol. The number of hydrogen-bond acceptors (Lipinski definition) is 2. The molecule has 1 rings (SSSR count). The Bertz CT molecular complexity index is 426. The van der Waals surface area contributed by atoms with E-state index >= 15 is 0 Å². The van der Waals surface area contributed by atoms with E-state index in [2.05, 4.69) is 17.6 Å². The molecule has 1 aromatic carbocycles. The van der Waals surface area contributed by atoms with Crippen LogP contribution in [0.2, 0.25) is 5.02 Å². The van der Waals surface area contributed by atoms with Gasteiger partial charge in [0.25, 0.3) is 0 Å². The fourth-order valence-corrected chi connectivity index (χ4v) is 1.99. The summed E-state index contributed by atoms with van der Waals surface area (Å²) in [6.45, 7) is 3.04. The van der Waals surface area contributed by atoms with Gasteiger partial charge in [0.15, 0.2) is 0 Å². The summed E-state index contributed by atoms with van der Waals surface area (Å²) in [6.07, 6.45) is 5.85. The molecule has 5 heteroatoms. The molecule has 0 radical (unpaired) electrons. The maximum Gasteiger partial charge on any atom is 0.239 e. The molecule has 3 nitrogen and oxygen atoms in total. The first-order chi connectivity index (χ1) is 9.63. The van der Waals surface area contributed by atoms with E-state index in [9.17, 15) is 9.18 Å². The highest BCUT2D eigenvalue weighted by molar-refractivity contribution is 6.31. The Kier molecular flexibility index (Phi) is 8.04. The monoisotopic (exact) mass is 300 g/mol. The van der Waals surface area contributed by atoms with Crippen molar-refractivity contribution in [3.05, 3.63) is 29.0 Å². The molecule has 0 spiro atoms. The first-order valence-corrected chi connectivity index (χ1v) is 7.47. The first kappa shape index (κ1) is 16.8. The molecule has 112 valence electrons. The highest BCUT2D eigenvalue weighted by atomic mass is 35.5. The van der Waals surface area contributed by atoms with Crippen molar-refractivity contribution in [1.82, 2.24) is 5.32 Å². The molecule has 0 bridgehead atoms. The third-order valence-corrected chi connectivity index (χ3v) is 3.26. The van der Waals surface area contributed by atoms with E-state index < -0.39 is 5.82 Å². The van der Waals surface area contributed by atoms with Crippen LogP contribution in [0.4, 0.5) is 10.1 Å². The van der Waals surface area contributed by atoms with Gasteiger partial charge in [-0.05, 0) is 24.6 Å². The molecule has 0 heterocycles. The molecule has 0 fully saturated rings. The lowest BCUT2D eigenvalue weighted by Crippen LogP contribution is -2.30. The maximum absolute atomic E-state index is 13.0. The smallest absolute Gasteiger partial charge is 0.239 e. The fraction of sp³-hybridized carbons (Fsp3) is 0.533. The SMILES string of the molecule is CCCCCCCNC(=O)CNc1ccc(F)c(Cl)c1. The van der Waals surface area contributed by atoms with E-state index in [0.29, 0.717) is 12.2 Å². The lowest BCUT2D eigenvalue weighted by atomic mass is 10.1. The molecule has 1 amide bonds. The second kappa shape index (κ2) is 9.59. The standard InChI is InChI=1S/C15H22ClFN2O/c1-2-3-4-5-6-9-18-15(20)11-19-12-7-8-14(17)13(16)10-12/h7-8,10,19H,2-6,9,11H2,1H3,(H,18,20). The van der Waals surface area contributed by atoms with Crippen molar-refractivity contribution in [3.63, 3.8) is 0 Å². The quantitative estimate of drug-likeness (QED) is 0.677. The number of carbonyl (C=O) groups is 1. The van der Waals surface area contributed by atoms with Gasteiger partial charge in [-0.2, -0.15) is 0 Å². The van der Waals surface area contributed by atoms with Gasteiger partial charge in [-0.15, -0.1) is 0 Å². The number of nitrogens with one attached hydrogen (secondary N) is 2. The molecular weight excluding hydrogens is 279 g/mol. The van der Waals surface area contributed by atoms with Crippen molar-refractivity contribution >= 4 is 23.2 Å². The van der Waals surface area contributed by atoms with Crippen molar-refractivity contribution in [3.8, 4) is 0 Å². The van der Waals surface area contributed by atoms with Crippen LogP contribution in [-0.4, -0.2) is 19.0 Å². The van der Waals surface area contributed by atoms with Crippen LogP contribution in [0.1, 0.15) is 39.0 Å². The van der Waals surface area contributed by atoms with E-state index in [4.69, 9.17) is 11.6 Å². The van der Waals surface area contributed by atoms with Crippen molar-refractivity contribution in [2.24, 2.45) is 0 Å². The number of benzene rings is 1. The predicted octanol–water partition coefficient (Wildman–Crippen LogP) is 3.98. The highest BCUT2D eigenvalue weighted by Gasteiger charge is 2.03. The number of halogens is 2. The van der Waals surface area contributed by atoms with Crippen molar-refractivity contribution in [2.75, 3.05) is 18.4 Å². The lowest BCUT2D eigenvalue weighted by molar-refractivity contribution is -0.119. The van der Waals surface area contributed by atoms with Crippen molar-refractivity contribution < 1.29 is 9.18 Å². The normalized spacial score (nSPS) is 10.3. The minimum Gasteiger partial charge on any atom is -0.376 e. The molecule has 0 saturated heterocycles. The van der Waals surface area contributed by atoms with E-state index in [1.54, 1.807) is 6.07 Å². The van der Waals surface area contributed by atoms with Gasteiger partial charge in [0.1, 0.15) is 5.82 Å². The summed E-state index contributed by atoms with van der Waals surface area (Å²) in [5, 5.41) is 5.81. The number of amides is 1. The second-order valence-electron chi connectivity index (χ2n) is 4.75. The highest BCUT2D eigenvalue weighted by Crippen LogP contribution is 2.18. The lowest BCUT2D eigenvalue weighted by Gasteiger charge is -2.08. The second-order valence-corrected chi connectivity index (χ2v) is 5.15. The molecule has 2 N–H and O–H groups in total.